The van der Waals surface area contributed by atoms with Gasteiger partial charge in [0, 0.05) is 13.2 Å². The fraction of sp³-hybridized carbons (Fsp3) is 1.00. The number of ether oxygens (including phenoxy) is 3. The highest BCUT2D eigenvalue weighted by molar-refractivity contribution is 4.37. The van der Waals surface area contributed by atoms with Gasteiger partial charge in [-0.15, -0.1) is 0 Å². The zero-order valence-corrected chi connectivity index (χ0v) is 9.87. The van der Waals surface area contributed by atoms with Gasteiger partial charge in [0.2, 0.25) is 0 Å². The van der Waals surface area contributed by atoms with Crippen LogP contribution in [0.1, 0.15) is 26.2 Å². The fourth-order valence-electron chi connectivity index (χ4n) is 0.974. The third kappa shape index (κ3) is 13.8. The average molecular weight is 219 g/mol. The van der Waals surface area contributed by atoms with Gasteiger partial charge in [-0.1, -0.05) is 13.3 Å². The molecule has 15 heavy (non-hydrogen) atoms. The molecule has 0 aliphatic carbocycles. The van der Waals surface area contributed by atoms with Crippen molar-refractivity contribution in [3.05, 3.63) is 0 Å². The highest BCUT2D eigenvalue weighted by Crippen LogP contribution is 1.88. The zero-order chi connectivity index (χ0) is 11.2. The van der Waals surface area contributed by atoms with Gasteiger partial charge in [-0.25, -0.2) is 0 Å². The Labute approximate surface area is 93.1 Å². The summed E-state index contributed by atoms with van der Waals surface area (Å²) in [6.45, 7) is 7.04. The van der Waals surface area contributed by atoms with E-state index in [1.807, 2.05) is 0 Å². The van der Waals surface area contributed by atoms with Crippen LogP contribution in [0.5, 0.6) is 0 Å². The first-order chi connectivity index (χ1) is 7.41. The summed E-state index contributed by atoms with van der Waals surface area (Å²) in [4.78, 5) is 0. The summed E-state index contributed by atoms with van der Waals surface area (Å²) in [5.41, 5.74) is 5.32. The van der Waals surface area contributed by atoms with E-state index in [-0.39, 0.29) is 0 Å². The Kier molecular flexibility index (Phi) is 13.7. The van der Waals surface area contributed by atoms with Gasteiger partial charge in [0.05, 0.1) is 26.4 Å². The van der Waals surface area contributed by atoms with Crippen molar-refractivity contribution in [1.29, 1.82) is 0 Å². The molecule has 4 nitrogen and oxygen atoms in total. The lowest BCUT2D eigenvalue weighted by Gasteiger charge is -2.06. The molecule has 0 saturated heterocycles. The van der Waals surface area contributed by atoms with Gasteiger partial charge in [-0.3, -0.25) is 0 Å². The second-order valence-corrected chi connectivity index (χ2v) is 3.33. The molecule has 0 bridgehead atoms. The van der Waals surface area contributed by atoms with E-state index in [2.05, 4.69) is 6.92 Å². The third-order valence-electron chi connectivity index (χ3n) is 1.88. The third-order valence-corrected chi connectivity index (χ3v) is 1.88. The van der Waals surface area contributed by atoms with Crippen LogP contribution >= 0.6 is 0 Å². The topological polar surface area (TPSA) is 53.7 Å². The van der Waals surface area contributed by atoms with E-state index in [0.29, 0.717) is 33.0 Å². The molecule has 0 aromatic carbocycles. The number of nitrogens with two attached hydrogens (primary N) is 1. The Morgan fingerprint density at radius 3 is 1.67 bits per heavy atom. The molecule has 2 N–H and O–H groups in total. The minimum Gasteiger partial charge on any atom is -0.379 e. The summed E-state index contributed by atoms with van der Waals surface area (Å²) < 4.78 is 15.9. The minimum atomic E-state index is 0.641. The lowest BCUT2D eigenvalue weighted by molar-refractivity contribution is 0.0139. The monoisotopic (exact) mass is 219 g/mol. The van der Waals surface area contributed by atoms with Crippen LogP contribution in [0.2, 0.25) is 0 Å². The van der Waals surface area contributed by atoms with Crippen molar-refractivity contribution in [3.8, 4) is 0 Å². The second-order valence-electron chi connectivity index (χ2n) is 3.33. The summed E-state index contributed by atoms with van der Waals surface area (Å²) in [6.07, 6.45) is 3.22. The number of hydrogen-bond acceptors (Lipinski definition) is 4. The molecule has 0 aliphatic heterocycles. The maximum Gasteiger partial charge on any atom is 0.0701 e. The molecule has 0 aliphatic rings. The van der Waals surface area contributed by atoms with Gasteiger partial charge in [0.1, 0.15) is 0 Å². The molecular formula is C11H25NO3. The van der Waals surface area contributed by atoms with E-state index in [4.69, 9.17) is 19.9 Å². The maximum absolute atomic E-state index is 5.34. The lowest BCUT2D eigenvalue weighted by Crippen LogP contribution is -2.11. The lowest BCUT2D eigenvalue weighted by atomic mass is 10.4. The number of unbranched alkanes of at least 4 members (excludes halogenated alkanes) is 1. The van der Waals surface area contributed by atoms with Crippen molar-refractivity contribution in [2.45, 2.75) is 26.2 Å². The Balaban J connectivity index is 2.81. The first-order valence-corrected chi connectivity index (χ1v) is 5.85. The molecule has 0 aromatic rings. The molecule has 0 fully saturated rings. The fourth-order valence-corrected chi connectivity index (χ4v) is 0.974. The van der Waals surface area contributed by atoms with Crippen LogP contribution in [0.15, 0.2) is 0 Å². The van der Waals surface area contributed by atoms with Crippen molar-refractivity contribution >= 4 is 0 Å². The molecule has 0 rings (SSSR count). The molecule has 0 atom stereocenters. The molecule has 0 radical (unpaired) electrons. The summed E-state index contributed by atoms with van der Waals surface area (Å²) in [6, 6.07) is 0. The number of hydrogen-bond donors (Lipinski definition) is 1. The van der Waals surface area contributed by atoms with Gasteiger partial charge in [0.25, 0.3) is 0 Å². The SMILES string of the molecule is CCCCOCCOCCOCCCN. The Bertz CT molecular complexity index is 100. The normalized spacial score (nSPS) is 10.8. The summed E-state index contributed by atoms with van der Waals surface area (Å²) in [5, 5.41) is 0. The molecule has 0 heterocycles. The van der Waals surface area contributed by atoms with Crippen LogP contribution in [-0.4, -0.2) is 46.2 Å². The van der Waals surface area contributed by atoms with Crippen LogP contribution in [-0.2, 0) is 14.2 Å². The smallest absolute Gasteiger partial charge is 0.0701 e. The highest BCUT2D eigenvalue weighted by Gasteiger charge is 1.91. The molecule has 0 unspecified atom stereocenters. The molecule has 0 aromatic heterocycles. The largest absolute Gasteiger partial charge is 0.379 e. The average Bonchev–Trinajstić information content (AvgIpc) is 2.26. The first kappa shape index (κ1) is 14.8. The molecule has 4 heteroatoms. The van der Waals surface area contributed by atoms with Gasteiger partial charge in [-0.05, 0) is 19.4 Å². The van der Waals surface area contributed by atoms with E-state index in [1.54, 1.807) is 0 Å². The molecule has 92 valence electrons. The van der Waals surface area contributed by atoms with Crippen LogP contribution in [0.25, 0.3) is 0 Å². The Morgan fingerprint density at radius 1 is 0.733 bits per heavy atom. The van der Waals surface area contributed by atoms with Crippen molar-refractivity contribution in [2.24, 2.45) is 5.73 Å². The van der Waals surface area contributed by atoms with Crippen molar-refractivity contribution < 1.29 is 14.2 Å². The summed E-state index contributed by atoms with van der Waals surface area (Å²) >= 11 is 0. The van der Waals surface area contributed by atoms with Crippen LogP contribution < -0.4 is 5.73 Å². The van der Waals surface area contributed by atoms with Gasteiger partial charge < -0.3 is 19.9 Å². The van der Waals surface area contributed by atoms with E-state index >= 15 is 0 Å². The van der Waals surface area contributed by atoms with E-state index in [1.165, 1.54) is 6.42 Å². The minimum absolute atomic E-state index is 0.641. The second kappa shape index (κ2) is 13.8. The van der Waals surface area contributed by atoms with E-state index < -0.39 is 0 Å². The predicted octanol–water partition coefficient (Wildman–Crippen LogP) is 1.19. The van der Waals surface area contributed by atoms with Crippen molar-refractivity contribution in [2.75, 3.05) is 46.2 Å². The molecular weight excluding hydrogens is 194 g/mol. The standard InChI is InChI=1S/C11H25NO3/c1-2-3-6-13-8-10-15-11-9-14-7-4-5-12/h2-12H2,1H3. The van der Waals surface area contributed by atoms with Gasteiger partial charge >= 0.3 is 0 Å². The van der Waals surface area contributed by atoms with Crippen LogP contribution in [0, 0.1) is 0 Å². The summed E-state index contributed by atoms with van der Waals surface area (Å²) in [7, 11) is 0. The van der Waals surface area contributed by atoms with Gasteiger partial charge in [0.15, 0.2) is 0 Å². The summed E-state index contributed by atoms with van der Waals surface area (Å²) in [5.74, 6) is 0. The van der Waals surface area contributed by atoms with Crippen molar-refractivity contribution in [3.63, 3.8) is 0 Å². The van der Waals surface area contributed by atoms with Crippen molar-refractivity contribution in [1.82, 2.24) is 0 Å². The number of rotatable bonds is 12. The molecule has 0 amide bonds. The van der Waals surface area contributed by atoms with Crippen LogP contribution in [0.4, 0.5) is 0 Å². The van der Waals surface area contributed by atoms with E-state index in [0.717, 1.165) is 26.1 Å². The molecule has 0 saturated carbocycles. The zero-order valence-electron chi connectivity index (χ0n) is 9.87. The Hall–Kier alpha value is -0.160. The predicted molar refractivity (Wildman–Crippen MR) is 61.0 cm³/mol. The first-order valence-electron chi connectivity index (χ1n) is 5.85. The highest BCUT2D eigenvalue weighted by atomic mass is 16.5. The maximum atomic E-state index is 5.34. The molecule has 0 spiro atoms. The quantitative estimate of drug-likeness (QED) is 0.501. The van der Waals surface area contributed by atoms with E-state index in [9.17, 15) is 0 Å². The van der Waals surface area contributed by atoms with Crippen LogP contribution in [0.3, 0.4) is 0 Å². The Morgan fingerprint density at radius 2 is 1.20 bits per heavy atom. The van der Waals surface area contributed by atoms with Gasteiger partial charge in [-0.2, -0.15) is 0 Å².